The molecule has 4 rings (SSSR count). The third-order valence-corrected chi connectivity index (χ3v) is 4.59. The van der Waals surface area contributed by atoms with Gasteiger partial charge in [0.1, 0.15) is 12.4 Å². The van der Waals surface area contributed by atoms with Crippen LogP contribution in [0.2, 0.25) is 0 Å². The summed E-state index contributed by atoms with van der Waals surface area (Å²) in [5.41, 5.74) is 1.64. The van der Waals surface area contributed by atoms with Gasteiger partial charge in [-0.1, -0.05) is 29.8 Å². The number of hydrogen-bond donors (Lipinski definition) is 2. The Kier molecular flexibility index (Phi) is 5.31. The van der Waals surface area contributed by atoms with Crippen molar-refractivity contribution in [2.75, 3.05) is 10.6 Å². The summed E-state index contributed by atoms with van der Waals surface area (Å²) < 4.78 is 15.8. The van der Waals surface area contributed by atoms with Crippen LogP contribution in [-0.4, -0.2) is 26.0 Å². The first-order valence-corrected chi connectivity index (χ1v) is 9.42. The lowest BCUT2D eigenvalue weighted by Crippen LogP contribution is -2.28. The maximum Gasteiger partial charge on any atom is 0.350 e. The first kappa shape index (κ1) is 20.0. The summed E-state index contributed by atoms with van der Waals surface area (Å²) in [6.45, 7) is 1.54. The number of halogens is 1. The highest BCUT2D eigenvalue weighted by molar-refractivity contribution is 6.04. The van der Waals surface area contributed by atoms with Gasteiger partial charge in [0.25, 0.3) is 5.91 Å². The Labute approximate surface area is 175 Å². The van der Waals surface area contributed by atoms with Crippen LogP contribution >= 0.6 is 0 Å². The van der Waals surface area contributed by atoms with E-state index in [1.807, 2.05) is 19.1 Å². The number of benzene rings is 2. The number of amides is 2. The molecule has 31 heavy (non-hydrogen) atoms. The molecule has 4 aromatic rings. The van der Waals surface area contributed by atoms with Gasteiger partial charge < -0.3 is 10.6 Å². The third kappa shape index (κ3) is 4.35. The minimum absolute atomic E-state index is 0.0133. The predicted molar refractivity (Wildman–Crippen MR) is 114 cm³/mol. The van der Waals surface area contributed by atoms with Crippen LogP contribution in [0.1, 0.15) is 15.9 Å². The molecule has 0 saturated heterocycles. The van der Waals surface area contributed by atoms with Crippen LogP contribution < -0.4 is 16.3 Å². The summed E-state index contributed by atoms with van der Waals surface area (Å²) in [7, 11) is 0. The number of carbonyl (C=O) groups is 2. The van der Waals surface area contributed by atoms with Gasteiger partial charge in [0.2, 0.25) is 5.91 Å². The topological polar surface area (TPSA) is 97.5 Å². The van der Waals surface area contributed by atoms with E-state index in [1.54, 1.807) is 18.2 Å². The average molecular weight is 419 g/mol. The Hall–Kier alpha value is -4.27. The molecule has 0 unspecified atom stereocenters. The van der Waals surface area contributed by atoms with Crippen molar-refractivity contribution in [3.63, 3.8) is 0 Å². The van der Waals surface area contributed by atoms with Gasteiger partial charge in [0, 0.05) is 11.9 Å². The predicted octanol–water partition coefficient (Wildman–Crippen LogP) is 2.83. The van der Waals surface area contributed by atoms with Crippen LogP contribution in [0.25, 0.3) is 5.65 Å². The molecular weight excluding hydrogens is 401 g/mol. The normalized spacial score (nSPS) is 10.8. The van der Waals surface area contributed by atoms with E-state index in [4.69, 9.17) is 0 Å². The molecule has 0 aliphatic carbocycles. The van der Waals surface area contributed by atoms with E-state index in [2.05, 4.69) is 15.7 Å². The third-order valence-electron chi connectivity index (χ3n) is 4.59. The van der Waals surface area contributed by atoms with Gasteiger partial charge in [-0.3, -0.25) is 9.59 Å². The number of para-hydroxylation sites is 1. The van der Waals surface area contributed by atoms with Crippen LogP contribution in [0.4, 0.5) is 15.8 Å². The fourth-order valence-electron chi connectivity index (χ4n) is 2.98. The number of fused-ring (bicyclic) bond motifs is 1. The van der Waals surface area contributed by atoms with E-state index in [-0.39, 0.29) is 22.8 Å². The minimum Gasteiger partial charge on any atom is -0.322 e. The number of aryl methyl sites for hydroxylation is 1. The van der Waals surface area contributed by atoms with Crippen molar-refractivity contribution in [2.45, 2.75) is 13.5 Å². The lowest BCUT2D eigenvalue weighted by Gasteiger charge is -2.05. The van der Waals surface area contributed by atoms with E-state index in [9.17, 15) is 18.8 Å². The summed E-state index contributed by atoms with van der Waals surface area (Å²) in [5, 5.41) is 9.26. The zero-order valence-corrected chi connectivity index (χ0v) is 16.5. The van der Waals surface area contributed by atoms with Gasteiger partial charge >= 0.3 is 5.69 Å². The molecule has 0 spiro atoms. The summed E-state index contributed by atoms with van der Waals surface area (Å²) >= 11 is 0. The van der Waals surface area contributed by atoms with Gasteiger partial charge in [0.15, 0.2) is 5.65 Å². The molecule has 0 saturated carbocycles. The van der Waals surface area contributed by atoms with Crippen LogP contribution in [0.3, 0.4) is 0 Å². The maximum atomic E-state index is 13.7. The zero-order valence-electron chi connectivity index (χ0n) is 16.5. The molecule has 0 bridgehead atoms. The second-order valence-electron chi connectivity index (χ2n) is 6.93. The Balaban J connectivity index is 1.53. The van der Waals surface area contributed by atoms with Gasteiger partial charge in [-0.25, -0.2) is 18.3 Å². The molecule has 156 valence electrons. The number of anilines is 2. The quantitative estimate of drug-likeness (QED) is 0.520. The molecule has 0 fully saturated rings. The van der Waals surface area contributed by atoms with E-state index in [0.29, 0.717) is 5.69 Å². The fraction of sp³-hybridized carbons (Fsp3) is 0.0909. The molecule has 2 heterocycles. The number of nitrogens with one attached hydrogen (secondary N) is 2. The second-order valence-corrected chi connectivity index (χ2v) is 6.93. The molecule has 8 nitrogen and oxygen atoms in total. The summed E-state index contributed by atoms with van der Waals surface area (Å²) in [6.07, 6.45) is 1.36. The second kappa shape index (κ2) is 8.23. The van der Waals surface area contributed by atoms with Crippen molar-refractivity contribution in [1.82, 2.24) is 14.2 Å². The Morgan fingerprint density at radius 1 is 1.00 bits per heavy atom. The molecule has 2 N–H and O–H groups in total. The smallest absolute Gasteiger partial charge is 0.322 e. The number of hydrogen-bond acceptors (Lipinski definition) is 4. The molecular formula is C22H18FN5O3. The van der Waals surface area contributed by atoms with E-state index in [1.165, 1.54) is 40.9 Å². The Morgan fingerprint density at radius 3 is 2.48 bits per heavy atom. The lowest BCUT2D eigenvalue weighted by atomic mass is 10.2. The number of rotatable bonds is 5. The molecule has 2 aromatic carbocycles. The molecule has 2 aromatic heterocycles. The Morgan fingerprint density at radius 2 is 1.74 bits per heavy atom. The Bertz CT molecular complexity index is 1340. The van der Waals surface area contributed by atoms with Crippen molar-refractivity contribution >= 4 is 28.8 Å². The molecule has 0 atom stereocenters. The van der Waals surface area contributed by atoms with Crippen molar-refractivity contribution in [3.8, 4) is 0 Å². The minimum atomic E-state index is -0.604. The van der Waals surface area contributed by atoms with Crippen molar-refractivity contribution in [2.24, 2.45) is 0 Å². The zero-order chi connectivity index (χ0) is 22.0. The molecule has 0 radical (unpaired) electrons. The maximum absolute atomic E-state index is 13.7. The van der Waals surface area contributed by atoms with E-state index < -0.39 is 24.0 Å². The lowest BCUT2D eigenvalue weighted by molar-refractivity contribution is -0.117. The number of nitrogens with zero attached hydrogens (tertiary/aromatic N) is 3. The summed E-state index contributed by atoms with van der Waals surface area (Å²) in [5.74, 6) is -1.57. The first-order chi connectivity index (χ1) is 14.9. The van der Waals surface area contributed by atoms with Crippen LogP contribution in [0.5, 0.6) is 0 Å². The van der Waals surface area contributed by atoms with Gasteiger partial charge in [-0.15, -0.1) is 5.10 Å². The molecule has 2 amide bonds. The van der Waals surface area contributed by atoms with Crippen LogP contribution in [0, 0.1) is 12.7 Å². The number of pyridine rings is 1. The SMILES string of the molecule is Cc1ccc(NC(=O)c2ccc3nn(CC(=O)Nc4ccccc4F)c(=O)n3c2)cc1. The highest BCUT2D eigenvalue weighted by Crippen LogP contribution is 2.13. The van der Waals surface area contributed by atoms with Crippen LogP contribution in [0.15, 0.2) is 71.7 Å². The van der Waals surface area contributed by atoms with E-state index >= 15 is 0 Å². The largest absolute Gasteiger partial charge is 0.350 e. The summed E-state index contributed by atoms with van der Waals surface area (Å²) in [4.78, 5) is 37.4. The number of carbonyl (C=O) groups excluding carboxylic acids is 2. The van der Waals surface area contributed by atoms with Crippen molar-refractivity contribution < 1.29 is 14.0 Å². The average Bonchev–Trinajstić information content (AvgIpc) is 3.06. The molecule has 0 aliphatic rings. The van der Waals surface area contributed by atoms with Gasteiger partial charge in [0.05, 0.1) is 11.3 Å². The number of aromatic nitrogens is 3. The molecule has 0 aliphatic heterocycles. The van der Waals surface area contributed by atoms with Gasteiger partial charge in [-0.05, 0) is 43.3 Å². The van der Waals surface area contributed by atoms with E-state index in [0.717, 1.165) is 10.2 Å². The first-order valence-electron chi connectivity index (χ1n) is 9.42. The van der Waals surface area contributed by atoms with Crippen molar-refractivity contribution in [3.05, 3.63) is 94.3 Å². The monoisotopic (exact) mass is 419 g/mol. The fourth-order valence-corrected chi connectivity index (χ4v) is 2.98. The van der Waals surface area contributed by atoms with Crippen molar-refractivity contribution in [1.29, 1.82) is 0 Å². The summed E-state index contributed by atoms with van der Waals surface area (Å²) in [6, 6.07) is 16.1. The van der Waals surface area contributed by atoms with Gasteiger partial charge in [-0.2, -0.15) is 0 Å². The molecule has 9 heteroatoms. The highest BCUT2D eigenvalue weighted by atomic mass is 19.1. The highest BCUT2D eigenvalue weighted by Gasteiger charge is 2.14. The van der Waals surface area contributed by atoms with Crippen LogP contribution in [-0.2, 0) is 11.3 Å². The standard InChI is InChI=1S/C22H18FN5O3/c1-14-6-9-16(10-7-14)24-21(30)15-8-11-19-26-28(22(31)27(19)12-15)13-20(29)25-18-5-3-2-4-17(18)23/h2-12H,13H2,1H3,(H,24,30)(H,25,29).